The zero-order chi connectivity index (χ0) is 33.6. The van der Waals surface area contributed by atoms with Gasteiger partial charge in [-0.2, -0.15) is 13.2 Å². The Labute approximate surface area is 273 Å². The van der Waals surface area contributed by atoms with Crippen LogP contribution < -0.4 is 5.32 Å². The molecule has 1 saturated carbocycles. The van der Waals surface area contributed by atoms with E-state index in [1.54, 1.807) is 18.2 Å². The van der Waals surface area contributed by atoms with Crippen molar-refractivity contribution >= 4 is 58.0 Å². The van der Waals surface area contributed by atoms with Gasteiger partial charge in [-0.25, -0.2) is 13.2 Å². The first-order valence-corrected chi connectivity index (χ1v) is 14.6. The van der Waals surface area contributed by atoms with Crippen LogP contribution in [0.1, 0.15) is 48.9 Å². The molecule has 2 atom stereocenters. The van der Waals surface area contributed by atoms with Crippen LogP contribution in [0.5, 0.6) is 0 Å². The maximum absolute atomic E-state index is 15.4. The minimum absolute atomic E-state index is 0.0383. The molecule has 1 fully saturated rings. The number of halogens is 9. The van der Waals surface area contributed by atoms with Crippen molar-refractivity contribution in [3.05, 3.63) is 135 Å². The number of anilines is 1. The van der Waals surface area contributed by atoms with Crippen LogP contribution in [0.4, 0.5) is 32.0 Å². The number of ketones is 2. The van der Waals surface area contributed by atoms with E-state index in [0.29, 0.717) is 12.1 Å². The monoisotopic (exact) mass is 697 g/mol. The van der Waals surface area contributed by atoms with Gasteiger partial charge in [0.1, 0.15) is 21.8 Å². The third-order valence-electron chi connectivity index (χ3n) is 7.58. The molecule has 4 aromatic rings. The number of hydrogen-bond donors (Lipinski definition) is 1. The number of nitrogens with one attached hydrogen (secondary N) is 1. The molecule has 0 heterocycles. The van der Waals surface area contributed by atoms with E-state index in [1.165, 1.54) is 30.3 Å². The molecule has 13 heteroatoms. The van der Waals surface area contributed by atoms with Gasteiger partial charge in [-0.05, 0) is 47.5 Å². The summed E-state index contributed by atoms with van der Waals surface area (Å²) in [6.45, 7) is 0. The van der Waals surface area contributed by atoms with Gasteiger partial charge in [0, 0.05) is 41.1 Å². The molecule has 0 aliphatic heterocycles. The predicted octanol–water partition coefficient (Wildman–Crippen LogP) is 9.15. The quantitative estimate of drug-likeness (QED) is 0.108. The van der Waals surface area contributed by atoms with Crippen LogP contribution >= 0.6 is 34.8 Å². The Balaban J connectivity index is 1.32. The zero-order valence-electron chi connectivity index (χ0n) is 23.2. The molecule has 4 nitrogen and oxygen atoms in total. The van der Waals surface area contributed by atoms with Crippen molar-refractivity contribution in [2.75, 3.05) is 5.32 Å². The van der Waals surface area contributed by atoms with Gasteiger partial charge < -0.3 is 5.32 Å². The lowest BCUT2D eigenvalue weighted by atomic mass is 9.96. The summed E-state index contributed by atoms with van der Waals surface area (Å²) in [7, 11) is 0. The third-order valence-corrected chi connectivity index (χ3v) is 8.85. The summed E-state index contributed by atoms with van der Waals surface area (Å²) in [5, 5.41) is 2.44. The summed E-state index contributed by atoms with van der Waals surface area (Å²) in [6, 6.07) is 16.0. The summed E-state index contributed by atoms with van der Waals surface area (Å²) in [4.78, 5) is 38.9. The first-order valence-electron chi connectivity index (χ1n) is 13.5. The Hall–Kier alpha value is -3.86. The molecule has 0 spiro atoms. The van der Waals surface area contributed by atoms with Crippen LogP contribution in [-0.2, 0) is 23.8 Å². The van der Waals surface area contributed by atoms with Gasteiger partial charge in [0.05, 0.1) is 16.5 Å². The van der Waals surface area contributed by atoms with Crippen molar-refractivity contribution in [3.8, 4) is 0 Å². The SMILES string of the molecule is O=C(Cc1c(F)ccc(CC(=O)c2cc(NC(=O)[C@H]3[C@H](c4ccc(F)c(C(F)(F)F)c4)C3(Cl)Cl)ccc2Cl)c1F)c1ccccc1. The van der Waals surface area contributed by atoms with E-state index < -0.39 is 81.2 Å². The molecule has 0 aromatic heterocycles. The normalized spacial score (nSPS) is 17.0. The van der Waals surface area contributed by atoms with Crippen molar-refractivity contribution in [2.24, 2.45) is 5.92 Å². The van der Waals surface area contributed by atoms with E-state index in [2.05, 4.69) is 5.32 Å². The fourth-order valence-electron chi connectivity index (χ4n) is 5.16. The number of amides is 1. The lowest BCUT2D eigenvalue weighted by molar-refractivity contribution is -0.140. The fraction of sp³-hybridized carbons (Fsp3) is 0.182. The number of benzene rings is 4. The number of alkyl halides is 5. The second-order valence-electron chi connectivity index (χ2n) is 10.6. The molecule has 0 radical (unpaired) electrons. The summed E-state index contributed by atoms with van der Waals surface area (Å²) in [5.41, 5.74) is -2.16. The number of carbonyl (C=O) groups excluding carboxylic acids is 3. The minimum atomic E-state index is -4.99. The van der Waals surface area contributed by atoms with Crippen molar-refractivity contribution in [3.63, 3.8) is 0 Å². The molecule has 1 amide bonds. The van der Waals surface area contributed by atoms with Crippen LogP contribution in [0.25, 0.3) is 0 Å². The van der Waals surface area contributed by atoms with Gasteiger partial charge in [-0.15, -0.1) is 23.2 Å². The van der Waals surface area contributed by atoms with Crippen molar-refractivity contribution in [2.45, 2.75) is 29.3 Å². The molecule has 1 N–H and O–H groups in total. The number of rotatable bonds is 9. The molecule has 4 aromatic carbocycles. The van der Waals surface area contributed by atoms with E-state index in [1.807, 2.05) is 0 Å². The van der Waals surface area contributed by atoms with Gasteiger partial charge in [0.2, 0.25) is 5.91 Å². The average molecular weight is 699 g/mol. The second-order valence-corrected chi connectivity index (χ2v) is 12.5. The Morgan fingerprint density at radius 3 is 2.15 bits per heavy atom. The summed E-state index contributed by atoms with van der Waals surface area (Å²) in [6.07, 6.45) is -6.14. The Morgan fingerprint density at radius 1 is 0.804 bits per heavy atom. The fourth-order valence-corrected chi connectivity index (χ4v) is 6.21. The maximum atomic E-state index is 15.4. The predicted molar refractivity (Wildman–Crippen MR) is 161 cm³/mol. The third kappa shape index (κ3) is 6.79. The van der Waals surface area contributed by atoms with Gasteiger partial charge in [0.15, 0.2) is 11.6 Å². The van der Waals surface area contributed by atoms with Gasteiger partial charge >= 0.3 is 6.18 Å². The summed E-state index contributed by atoms with van der Waals surface area (Å²) >= 11 is 18.7. The Kier molecular flexibility index (Phi) is 9.28. The molecule has 0 unspecified atom stereocenters. The standard InChI is InChI=1S/C33H20Cl3F6NO3/c34-23-9-8-19(43-31(46)29-28(32(29,35)36)17-6-11-25(38)22(12-17)33(40,41)42)14-20(23)27(45)13-18-7-10-24(37)21(30(18)39)15-26(44)16-4-2-1-3-5-16/h1-12,14,28-29H,13,15H2,(H,43,46)/t28-,29+/m0/s1. The highest BCUT2D eigenvalue weighted by Crippen LogP contribution is 2.65. The zero-order valence-corrected chi connectivity index (χ0v) is 25.5. The van der Waals surface area contributed by atoms with Crippen LogP contribution in [0.15, 0.2) is 78.9 Å². The molecule has 238 valence electrons. The first kappa shape index (κ1) is 33.5. The van der Waals surface area contributed by atoms with E-state index in [4.69, 9.17) is 34.8 Å². The average Bonchev–Trinajstić information content (AvgIpc) is 3.59. The van der Waals surface area contributed by atoms with Crippen LogP contribution in [0.3, 0.4) is 0 Å². The summed E-state index contributed by atoms with van der Waals surface area (Å²) in [5.74, 6) is -7.88. The Morgan fingerprint density at radius 2 is 1.48 bits per heavy atom. The van der Waals surface area contributed by atoms with E-state index in [9.17, 15) is 36.3 Å². The second kappa shape index (κ2) is 12.7. The van der Waals surface area contributed by atoms with Crippen molar-refractivity contribution in [1.29, 1.82) is 0 Å². The molecule has 5 rings (SSSR count). The first-order chi connectivity index (χ1) is 21.6. The molecule has 1 aliphatic carbocycles. The smallest absolute Gasteiger partial charge is 0.326 e. The largest absolute Gasteiger partial charge is 0.419 e. The summed E-state index contributed by atoms with van der Waals surface area (Å²) < 4.78 is 81.5. The molecule has 1 aliphatic rings. The highest BCUT2D eigenvalue weighted by Gasteiger charge is 2.67. The van der Waals surface area contributed by atoms with E-state index in [0.717, 1.165) is 18.2 Å². The van der Waals surface area contributed by atoms with Crippen LogP contribution in [-0.4, -0.2) is 21.8 Å². The van der Waals surface area contributed by atoms with Crippen molar-refractivity contribution in [1.82, 2.24) is 0 Å². The van der Waals surface area contributed by atoms with Crippen LogP contribution in [0.2, 0.25) is 5.02 Å². The maximum Gasteiger partial charge on any atom is 0.419 e. The van der Waals surface area contributed by atoms with Gasteiger partial charge in [-0.1, -0.05) is 54.1 Å². The van der Waals surface area contributed by atoms with Crippen LogP contribution in [0, 0.1) is 23.4 Å². The molecule has 0 saturated heterocycles. The molecular weight excluding hydrogens is 679 g/mol. The highest BCUT2D eigenvalue weighted by atomic mass is 35.5. The van der Waals surface area contributed by atoms with E-state index >= 15 is 4.39 Å². The van der Waals surface area contributed by atoms with E-state index in [-0.39, 0.29) is 33.0 Å². The number of hydrogen-bond acceptors (Lipinski definition) is 3. The molecule has 46 heavy (non-hydrogen) atoms. The van der Waals surface area contributed by atoms with Crippen molar-refractivity contribution < 1.29 is 40.7 Å². The highest BCUT2D eigenvalue weighted by molar-refractivity contribution is 6.53. The van der Waals surface area contributed by atoms with Gasteiger partial charge in [-0.3, -0.25) is 14.4 Å². The van der Waals surface area contributed by atoms with Gasteiger partial charge in [0.25, 0.3) is 0 Å². The Bertz CT molecular complexity index is 1860. The lowest BCUT2D eigenvalue weighted by Crippen LogP contribution is -2.18. The topological polar surface area (TPSA) is 63.2 Å². The molecular formula is C33H20Cl3F6NO3. The molecule has 0 bridgehead atoms. The number of Topliss-reactive ketones (excluding diaryl/α,β-unsaturated/α-hetero) is 2. The lowest BCUT2D eigenvalue weighted by Gasteiger charge is -2.12. The number of carbonyl (C=O) groups is 3. The minimum Gasteiger partial charge on any atom is -0.326 e.